The quantitative estimate of drug-likeness (QED) is 0.148. The second-order valence-corrected chi connectivity index (χ2v) is 10.4. The topological polar surface area (TPSA) is 94.8 Å². The minimum absolute atomic E-state index is 0.0188. The van der Waals surface area contributed by atoms with E-state index in [1.807, 2.05) is 18.2 Å². The molecule has 3 N–H and O–H groups in total. The molecule has 0 saturated carbocycles. The number of carbonyl (C=O) groups is 2. The third-order valence-electron chi connectivity index (χ3n) is 6.22. The maximum Gasteiger partial charge on any atom is 0.335 e. The predicted octanol–water partition coefficient (Wildman–Crippen LogP) is 6.91. The van der Waals surface area contributed by atoms with E-state index in [2.05, 4.69) is 31.2 Å². The average Bonchev–Trinajstić information content (AvgIpc) is 2.86. The molecule has 0 spiro atoms. The molecule has 0 aliphatic carbocycles. The predicted molar refractivity (Wildman–Crippen MR) is 148 cm³/mol. The zero-order valence-electron chi connectivity index (χ0n) is 21.3. The number of hydrogen-bond donors (Lipinski definition) is 3. The van der Waals surface area contributed by atoms with Gasteiger partial charge in [0.1, 0.15) is 0 Å². The van der Waals surface area contributed by atoms with Gasteiger partial charge in [0.25, 0.3) is 0 Å². The smallest absolute Gasteiger partial charge is 0.335 e. The first-order valence-electron chi connectivity index (χ1n) is 13.0. The van der Waals surface area contributed by atoms with E-state index in [1.165, 1.54) is 55.0 Å². The molecule has 2 atom stereocenters. The molecule has 36 heavy (non-hydrogen) atoms. The fraction of sp³-hybridized carbons (Fsp3) is 0.467. The summed E-state index contributed by atoms with van der Waals surface area (Å²) in [6.07, 6.45) is 12.3. The van der Waals surface area contributed by atoms with Gasteiger partial charge in [-0.3, -0.25) is 4.79 Å². The van der Waals surface area contributed by atoms with E-state index in [1.54, 1.807) is 18.2 Å². The highest BCUT2D eigenvalue weighted by Crippen LogP contribution is 2.26. The van der Waals surface area contributed by atoms with Gasteiger partial charge in [0.2, 0.25) is 0 Å². The summed E-state index contributed by atoms with van der Waals surface area (Å²) in [4.78, 5) is 22.4. The molecular formula is C30H40O5S. The van der Waals surface area contributed by atoms with Gasteiger partial charge in [-0.25, -0.2) is 4.79 Å². The van der Waals surface area contributed by atoms with E-state index in [0.717, 1.165) is 12.8 Å². The van der Waals surface area contributed by atoms with Crippen LogP contribution >= 0.6 is 11.8 Å². The van der Waals surface area contributed by atoms with E-state index in [9.17, 15) is 19.8 Å². The molecule has 2 aromatic rings. The average molecular weight is 513 g/mol. The third kappa shape index (κ3) is 11.4. The second kappa shape index (κ2) is 17.0. The van der Waals surface area contributed by atoms with Crippen LogP contribution in [0.25, 0.3) is 0 Å². The van der Waals surface area contributed by atoms with Crippen LogP contribution in [0.15, 0.2) is 60.7 Å². The van der Waals surface area contributed by atoms with E-state index in [-0.39, 0.29) is 17.2 Å². The maximum absolute atomic E-state index is 11.5. The van der Waals surface area contributed by atoms with Gasteiger partial charge in [-0.2, -0.15) is 0 Å². The van der Waals surface area contributed by atoms with Gasteiger partial charge in [-0.1, -0.05) is 87.2 Å². The Hall–Kier alpha value is -2.57. The van der Waals surface area contributed by atoms with Crippen LogP contribution in [-0.4, -0.2) is 38.6 Å². The van der Waals surface area contributed by atoms with Crippen molar-refractivity contribution >= 4 is 23.7 Å². The molecular weight excluding hydrogens is 472 g/mol. The lowest BCUT2D eigenvalue weighted by Gasteiger charge is -2.20. The number of unbranched alkanes of at least 4 members (excludes halogenated alkanes) is 4. The highest BCUT2D eigenvalue weighted by Gasteiger charge is 2.19. The maximum atomic E-state index is 11.5. The number of allylic oxidation sites excluding steroid dienone is 1. The Morgan fingerprint density at radius 3 is 2.31 bits per heavy atom. The number of thioether (sulfide) groups is 1. The molecule has 0 aliphatic rings. The number of rotatable bonds is 18. The van der Waals surface area contributed by atoms with Crippen LogP contribution in [-0.2, 0) is 23.4 Å². The van der Waals surface area contributed by atoms with Gasteiger partial charge in [-0.15, -0.1) is 11.8 Å². The summed E-state index contributed by atoms with van der Waals surface area (Å²) in [6.45, 7) is 2.23. The fourth-order valence-corrected chi connectivity index (χ4v) is 5.28. The number of aliphatic carboxylic acids is 1. The number of carboxylic acids is 2. The van der Waals surface area contributed by atoms with Crippen molar-refractivity contribution in [2.75, 3.05) is 0 Å². The van der Waals surface area contributed by atoms with Gasteiger partial charge >= 0.3 is 11.9 Å². The summed E-state index contributed by atoms with van der Waals surface area (Å²) in [5.74, 6) is -1.40. The summed E-state index contributed by atoms with van der Waals surface area (Å²) in [6, 6.07) is 15.6. The largest absolute Gasteiger partial charge is 0.481 e. The van der Waals surface area contributed by atoms with Crippen LogP contribution in [0.2, 0.25) is 0 Å². The molecule has 0 aromatic heterocycles. The highest BCUT2D eigenvalue weighted by atomic mass is 32.2. The van der Waals surface area contributed by atoms with Gasteiger partial charge in [0.15, 0.2) is 0 Å². The molecule has 0 fully saturated rings. The zero-order valence-corrected chi connectivity index (χ0v) is 22.1. The minimum Gasteiger partial charge on any atom is -0.481 e. The molecule has 0 radical (unpaired) electrons. The van der Waals surface area contributed by atoms with Crippen molar-refractivity contribution in [2.45, 2.75) is 88.2 Å². The second-order valence-electron chi connectivity index (χ2n) is 9.20. The van der Waals surface area contributed by atoms with Crippen molar-refractivity contribution in [3.05, 3.63) is 82.9 Å². The van der Waals surface area contributed by atoms with Gasteiger partial charge in [0, 0.05) is 17.4 Å². The summed E-state index contributed by atoms with van der Waals surface area (Å²) < 4.78 is 0. The van der Waals surface area contributed by atoms with Gasteiger partial charge in [-0.05, 0) is 54.9 Å². The molecule has 6 heteroatoms. The molecule has 0 aliphatic heterocycles. The summed E-state index contributed by atoms with van der Waals surface area (Å²) in [7, 11) is 0. The minimum atomic E-state index is -0.968. The standard InChI is InChI=1S/C30H40O5S/c1-2-3-4-5-6-11-23-18-20-24(21-19-23)12-9-16-28(27(31)15-10-17-29(32)33)36-22-25-13-7-8-14-26(25)30(34)35/h7-9,13-14,16,18-21,27-28,31H,2-6,10-12,15,17,22H2,1H3,(H,32,33)(H,34,35)/b16-9-/t27-,28+/m0/s1. The van der Waals surface area contributed by atoms with E-state index in [4.69, 9.17) is 5.11 Å². The Labute approximate surface area is 219 Å². The Bertz CT molecular complexity index is 954. The molecule has 2 aromatic carbocycles. The number of aliphatic hydroxyl groups excluding tert-OH is 1. The van der Waals surface area contributed by atoms with Crippen molar-refractivity contribution < 1.29 is 24.9 Å². The lowest BCUT2D eigenvalue weighted by Crippen LogP contribution is -2.22. The van der Waals surface area contributed by atoms with Gasteiger partial charge in [0.05, 0.1) is 11.7 Å². The Kier molecular flexibility index (Phi) is 14.0. The zero-order chi connectivity index (χ0) is 26.2. The van der Waals surface area contributed by atoms with Crippen molar-refractivity contribution in [3.8, 4) is 0 Å². The van der Waals surface area contributed by atoms with Crippen LogP contribution < -0.4 is 0 Å². The Balaban J connectivity index is 1.96. The van der Waals surface area contributed by atoms with E-state index >= 15 is 0 Å². The van der Waals surface area contributed by atoms with Crippen molar-refractivity contribution in [2.24, 2.45) is 0 Å². The number of aliphatic hydroxyl groups is 1. The third-order valence-corrected chi connectivity index (χ3v) is 7.55. The Morgan fingerprint density at radius 2 is 1.61 bits per heavy atom. The molecule has 0 amide bonds. The van der Waals surface area contributed by atoms with Crippen LogP contribution in [0.5, 0.6) is 0 Å². The molecule has 0 saturated heterocycles. The number of benzene rings is 2. The lowest BCUT2D eigenvalue weighted by molar-refractivity contribution is -0.137. The van der Waals surface area contributed by atoms with Crippen molar-refractivity contribution in [3.63, 3.8) is 0 Å². The lowest BCUT2D eigenvalue weighted by atomic mass is 10.0. The van der Waals surface area contributed by atoms with Crippen LogP contribution in [0.3, 0.4) is 0 Å². The number of hydrogen-bond acceptors (Lipinski definition) is 4. The van der Waals surface area contributed by atoms with Crippen molar-refractivity contribution in [1.82, 2.24) is 0 Å². The molecule has 196 valence electrons. The molecule has 0 heterocycles. The van der Waals surface area contributed by atoms with Crippen LogP contribution in [0.1, 0.15) is 85.3 Å². The first kappa shape index (κ1) is 29.7. The SMILES string of the molecule is CCCCCCCc1ccc(C/C=C\[C@@H](SCc2ccccc2C(=O)O)[C@@H](O)CCCC(=O)O)cc1. The van der Waals surface area contributed by atoms with E-state index in [0.29, 0.717) is 24.2 Å². The molecule has 2 rings (SSSR count). The fourth-order valence-electron chi connectivity index (χ4n) is 4.08. The highest BCUT2D eigenvalue weighted by molar-refractivity contribution is 7.99. The van der Waals surface area contributed by atoms with Crippen LogP contribution in [0.4, 0.5) is 0 Å². The monoisotopic (exact) mass is 512 g/mol. The van der Waals surface area contributed by atoms with Crippen molar-refractivity contribution in [1.29, 1.82) is 0 Å². The van der Waals surface area contributed by atoms with Gasteiger partial charge < -0.3 is 15.3 Å². The molecule has 0 unspecified atom stereocenters. The first-order chi connectivity index (χ1) is 17.4. The molecule has 0 bridgehead atoms. The normalized spacial score (nSPS) is 13.1. The summed E-state index contributed by atoms with van der Waals surface area (Å²) in [5.41, 5.74) is 3.52. The van der Waals surface area contributed by atoms with E-state index < -0.39 is 18.0 Å². The molecule has 5 nitrogen and oxygen atoms in total. The summed E-state index contributed by atoms with van der Waals surface area (Å²) >= 11 is 1.48. The van der Waals surface area contributed by atoms with Crippen LogP contribution in [0, 0.1) is 0 Å². The first-order valence-corrected chi connectivity index (χ1v) is 14.0. The Morgan fingerprint density at radius 1 is 0.917 bits per heavy atom. The summed E-state index contributed by atoms with van der Waals surface area (Å²) in [5, 5.41) is 28.9. The number of aryl methyl sites for hydroxylation is 1. The number of carboxylic acid groups (broad SMARTS) is 2. The number of aromatic carboxylic acids is 1.